The first-order valence-corrected chi connectivity index (χ1v) is 5.64. The molecule has 1 atom stereocenters. The topological polar surface area (TPSA) is 65.5 Å². The normalized spacial score (nSPS) is 12.0. The van der Waals surface area contributed by atoms with Gasteiger partial charge in [-0.2, -0.15) is 0 Å². The molecule has 0 bridgehead atoms. The summed E-state index contributed by atoms with van der Waals surface area (Å²) in [7, 11) is 1.76. The number of nitrogens with one attached hydrogen (secondary N) is 1. The molecule has 1 amide bonds. The molecule has 1 rings (SSSR count). The first-order chi connectivity index (χ1) is 7.99. The standard InChI is InChI=1S/C11H16ClN3O2/c1-8(16)5-14-11(17)7-15(2)10-4-3-9(12)6-13-10/h3-4,6,8,16H,5,7H2,1-2H3,(H,14,17)/t8-/m1/s1. The molecular weight excluding hydrogens is 242 g/mol. The van der Waals surface area contributed by atoms with Crippen LogP contribution in [0.4, 0.5) is 5.82 Å². The summed E-state index contributed by atoms with van der Waals surface area (Å²) in [5.41, 5.74) is 0. The van der Waals surface area contributed by atoms with Crippen LogP contribution in [0, 0.1) is 0 Å². The first kappa shape index (κ1) is 13.7. The van der Waals surface area contributed by atoms with Crippen LogP contribution in [-0.4, -0.2) is 42.2 Å². The smallest absolute Gasteiger partial charge is 0.239 e. The number of aliphatic hydroxyl groups is 1. The molecule has 0 unspecified atom stereocenters. The quantitative estimate of drug-likeness (QED) is 0.814. The lowest BCUT2D eigenvalue weighted by Gasteiger charge is -2.17. The lowest BCUT2D eigenvalue weighted by atomic mass is 10.4. The molecule has 0 aliphatic heterocycles. The fourth-order valence-corrected chi connectivity index (χ4v) is 1.32. The van der Waals surface area contributed by atoms with Gasteiger partial charge < -0.3 is 15.3 Å². The zero-order chi connectivity index (χ0) is 12.8. The number of anilines is 1. The van der Waals surface area contributed by atoms with Gasteiger partial charge in [-0.25, -0.2) is 4.98 Å². The Balaban J connectivity index is 2.46. The van der Waals surface area contributed by atoms with Crippen molar-refractivity contribution in [1.29, 1.82) is 0 Å². The zero-order valence-electron chi connectivity index (χ0n) is 9.85. The summed E-state index contributed by atoms with van der Waals surface area (Å²) < 4.78 is 0. The molecule has 5 nitrogen and oxygen atoms in total. The number of amides is 1. The largest absolute Gasteiger partial charge is 0.392 e. The highest BCUT2D eigenvalue weighted by Gasteiger charge is 2.08. The van der Waals surface area contributed by atoms with Crippen LogP contribution in [0.2, 0.25) is 5.02 Å². The zero-order valence-corrected chi connectivity index (χ0v) is 10.6. The Bertz CT molecular complexity index is 367. The molecule has 17 heavy (non-hydrogen) atoms. The molecule has 1 aromatic rings. The molecule has 0 saturated carbocycles. The van der Waals surface area contributed by atoms with Crippen LogP contribution >= 0.6 is 11.6 Å². The Kier molecular flexibility index (Phi) is 5.18. The van der Waals surface area contributed by atoms with E-state index in [4.69, 9.17) is 16.7 Å². The third kappa shape index (κ3) is 5.01. The minimum atomic E-state index is -0.544. The van der Waals surface area contributed by atoms with Crippen LogP contribution in [0.25, 0.3) is 0 Å². The van der Waals surface area contributed by atoms with Gasteiger partial charge in [-0.1, -0.05) is 11.6 Å². The second kappa shape index (κ2) is 6.42. The van der Waals surface area contributed by atoms with Crippen molar-refractivity contribution < 1.29 is 9.90 Å². The fourth-order valence-electron chi connectivity index (χ4n) is 1.21. The molecular formula is C11H16ClN3O2. The Morgan fingerprint density at radius 3 is 2.88 bits per heavy atom. The van der Waals surface area contributed by atoms with E-state index in [1.807, 2.05) is 0 Å². The molecule has 0 aromatic carbocycles. The molecule has 0 spiro atoms. The van der Waals surface area contributed by atoms with Gasteiger partial charge in [0.2, 0.25) is 5.91 Å². The van der Waals surface area contributed by atoms with Crippen molar-refractivity contribution in [3.8, 4) is 0 Å². The third-order valence-electron chi connectivity index (χ3n) is 2.08. The monoisotopic (exact) mass is 257 g/mol. The summed E-state index contributed by atoms with van der Waals surface area (Å²) in [5.74, 6) is 0.506. The van der Waals surface area contributed by atoms with E-state index < -0.39 is 6.10 Å². The van der Waals surface area contributed by atoms with E-state index in [-0.39, 0.29) is 19.0 Å². The van der Waals surface area contributed by atoms with Gasteiger partial charge in [0, 0.05) is 19.8 Å². The van der Waals surface area contributed by atoms with E-state index in [0.29, 0.717) is 10.8 Å². The van der Waals surface area contributed by atoms with Crippen molar-refractivity contribution in [3.05, 3.63) is 23.4 Å². The Morgan fingerprint density at radius 1 is 1.65 bits per heavy atom. The third-order valence-corrected chi connectivity index (χ3v) is 2.30. The molecule has 0 saturated heterocycles. The van der Waals surface area contributed by atoms with E-state index in [2.05, 4.69) is 10.3 Å². The number of pyridine rings is 1. The molecule has 0 radical (unpaired) electrons. The van der Waals surface area contributed by atoms with Crippen LogP contribution < -0.4 is 10.2 Å². The Labute approximate surface area is 105 Å². The number of nitrogens with zero attached hydrogens (tertiary/aromatic N) is 2. The highest BCUT2D eigenvalue weighted by Crippen LogP contribution is 2.12. The average molecular weight is 258 g/mol. The van der Waals surface area contributed by atoms with Crippen LogP contribution in [0.1, 0.15) is 6.92 Å². The van der Waals surface area contributed by atoms with Gasteiger partial charge in [-0.3, -0.25) is 4.79 Å². The minimum Gasteiger partial charge on any atom is -0.392 e. The molecule has 0 fully saturated rings. The van der Waals surface area contributed by atoms with Crippen LogP contribution in [-0.2, 0) is 4.79 Å². The van der Waals surface area contributed by atoms with Crippen molar-refractivity contribution in [2.24, 2.45) is 0 Å². The highest BCUT2D eigenvalue weighted by atomic mass is 35.5. The maximum absolute atomic E-state index is 11.5. The van der Waals surface area contributed by atoms with E-state index in [0.717, 1.165) is 0 Å². The average Bonchev–Trinajstić information content (AvgIpc) is 2.27. The van der Waals surface area contributed by atoms with Crippen molar-refractivity contribution in [1.82, 2.24) is 10.3 Å². The summed E-state index contributed by atoms with van der Waals surface area (Å²) in [6, 6.07) is 3.46. The lowest BCUT2D eigenvalue weighted by molar-refractivity contribution is -0.120. The lowest BCUT2D eigenvalue weighted by Crippen LogP contribution is -2.38. The van der Waals surface area contributed by atoms with Crippen LogP contribution in [0.3, 0.4) is 0 Å². The van der Waals surface area contributed by atoms with Crippen molar-refractivity contribution in [2.45, 2.75) is 13.0 Å². The second-order valence-electron chi connectivity index (χ2n) is 3.84. The molecule has 1 aromatic heterocycles. The molecule has 0 aliphatic rings. The number of rotatable bonds is 5. The number of halogens is 1. The SMILES string of the molecule is C[C@@H](O)CNC(=O)CN(C)c1ccc(Cl)cn1. The van der Waals surface area contributed by atoms with Gasteiger partial charge in [0.1, 0.15) is 5.82 Å². The predicted octanol–water partition coefficient (Wildman–Crippen LogP) is 0.668. The number of aliphatic hydroxyl groups excluding tert-OH is 1. The molecule has 2 N–H and O–H groups in total. The number of likely N-dealkylation sites (N-methyl/N-ethyl adjacent to an activating group) is 1. The van der Waals surface area contributed by atoms with Gasteiger partial charge in [0.15, 0.2) is 0 Å². The summed E-state index contributed by atoms with van der Waals surface area (Å²) >= 11 is 5.72. The second-order valence-corrected chi connectivity index (χ2v) is 4.28. The molecule has 6 heteroatoms. The summed E-state index contributed by atoms with van der Waals surface area (Å²) in [4.78, 5) is 17.3. The summed E-state index contributed by atoms with van der Waals surface area (Å²) in [6.07, 6.45) is 0.985. The number of aromatic nitrogens is 1. The van der Waals surface area contributed by atoms with Gasteiger partial charge in [-0.05, 0) is 19.1 Å². The highest BCUT2D eigenvalue weighted by molar-refractivity contribution is 6.30. The summed E-state index contributed by atoms with van der Waals surface area (Å²) in [5, 5.41) is 12.2. The van der Waals surface area contributed by atoms with E-state index >= 15 is 0 Å². The number of hydrogen-bond acceptors (Lipinski definition) is 4. The van der Waals surface area contributed by atoms with Gasteiger partial charge >= 0.3 is 0 Å². The van der Waals surface area contributed by atoms with Crippen molar-refractivity contribution in [3.63, 3.8) is 0 Å². The molecule has 94 valence electrons. The Morgan fingerprint density at radius 2 is 2.35 bits per heavy atom. The maximum atomic E-state index is 11.5. The predicted molar refractivity (Wildman–Crippen MR) is 67.2 cm³/mol. The van der Waals surface area contributed by atoms with E-state index in [1.54, 1.807) is 31.0 Å². The fraction of sp³-hybridized carbons (Fsp3) is 0.455. The van der Waals surface area contributed by atoms with Crippen molar-refractivity contribution in [2.75, 3.05) is 25.0 Å². The number of hydrogen-bond donors (Lipinski definition) is 2. The maximum Gasteiger partial charge on any atom is 0.239 e. The number of carbonyl (C=O) groups excluding carboxylic acids is 1. The first-order valence-electron chi connectivity index (χ1n) is 5.26. The minimum absolute atomic E-state index is 0.162. The number of carbonyl (C=O) groups is 1. The summed E-state index contributed by atoms with van der Waals surface area (Å²) in [6.45, 7) is 2.05. The molecule has 1 heterocycles. The Hall–Kier alpha value is -1.33. The van der Waals surface area contributed by atoms with Gasteiger partial charge in [0.05, 0.1) is 17.7 Å². The van der Waals surface area contributed by atoms with E-state index in [9.17, 15) is 4.79 Å². The molecule has 0 aliphatic carbocycles. The van der Waals surface area contributed by atoms with Gasteiger partial charge in [0.25, 0.3) is 0 Å². The van der Waals surface area contributed by atoms with E-state index in [1.165, 1.54) is 6.20 Å². The van der Waals surface area contributed by atoms with Gasteiger partial charge in [-0.15, -0.1) is 0 Å². The van der Waals surface area contributed by atoms with Crippen LogP contribution in [0.15, 0.2) is 18.3 Å². The van der Waals surface area contributed by atoms with Crippen LogP contribution in [0.5, 0.6) is 0 Å². The van der Waals surface area contributed by atoms with Crippen molar-refractivity contribution >= 4 is 23.3 Å².